The number of aliphatic hydroxyl groups is 1. The molecule has 2 unspecified atom stereocenters. The summed E-state index contributed by atoms with van der Waals surface area (Å²) in [4.78, 5) is 0. The predicted octanol–water partition coefficient (Wildman–Crippen LogP) is 1.76. The quantitative estimate of drug-likeness (QED) is 0.637. The van der Waals surface area contributed by atoms with Gasteiger partial charge in [-0.2, -0.15) is 0 Å². The standard InChI is InChI=1S/C8H15O.Es/c1-7-5-3-4-6-8(7,2)9;/h7,9H,2-6H2,1H3;/q-1;. The number of hydrogen-bond donors (Lipinski definition) is 1. The zero-order chi connectivity index (χ0) is 6.91. The molecule has 0 aliphatic heterocycles. The Balaban J connectivity index is 0.000000810. The molecular formula is C8H15EsO-. The molecular weight excluding hydrogens is 364 g/mol. The second kappa shape index (κ2) is 2.70. The molecule has 1 radical (unpaired) electrons. The molecule has 0 bridgehead atoms. The van der Waals surface area contributed by atoms with Gasteiger partial charge in [0.15, 0.2) is 0 Å². The molecule has 0 amide bonds. The molecule has 0 saturated heterocycles. The fourth-order valence-electron chi connectivity index (χ4n) is 1.40. The van der Waals surface area contributed by atoms with E-state index in [4.69, 9.17) is 0 Å². The molecule has 1 saturated carbocycles. The zero-order valence-electron chi connectivity index (χ0n) is 6.36. The largest absolute Gasteiger partial charge is 0.422 e. The summed E-state index contributed by atoms with van der Waals surface area (Å²) in [7, 11) is 0. The van der Waals surface area contributed by atoms with E-state index in [1.165, 1.54) is 6.42 Å². The van der Waals surface area contributed by atoms with Gasteiger partial charge in [0.05, 0.1) is 0 Å². The summed E-state index contributed by atoms with van der Waals surface area (Å²) in [6, 6.07) is 0. The average molecular weight is 379 g/mol. The van der Waals surface area contributed by atoms with Crippen LogP contribution >= 0.6 is 0 Å². The summed E-state index contributed by atoms with van der Waals surface area (Å²) in [5.41, 5.74) is -0.613. The summed E-state index contributed by atoms with van der Waals surface area (Å²) in [5, 5.41) is 9.53. The van der Waals surface area contributed by atoms with Crippen LogP contribution in [0.25, 0.3) is 0 Å². The van der Waals surface area contributed by atoms with E-state index in [1.807, 2.05) is 0 Å². The minimum atomic E-state index is -0.613. The predicted molar refractivity (Wildman–Crippen MR) is 37.9 cm³/mol. The maximum absolute atomic E-state index is 9.53. The van der Waals surface area contributed by atoms with Crippen molar-refractivity contribution in [2.75, 3.05) is 0 Å². The zero-order valence-corrected chi connectivity index (χ0v) is 8.87. The summed E-state index contributed by atoms with van der Waals surface area (Å²) in [5.74, 6) is 0.395. The van der Waals surface area contributed by atoms with Gasteiger partial charge in [-0.1, -0.05) is 38.2 Å². The van der Waals surface area contributed by atoms with Gasteiger partial charge in [-0.15, -0.1) is 0 Å². The Kier molecular flexibility index (Phi) is 2.42. The molecule has 10 heavy (non-hydrogen) atoms. The van der Waals surface area contributed by atoms with Crippen molar-refractivity contribution in [1.29, 1.82) is 0 Å². The molecule has 1 nitrogen and oxygen atoms in total. The Morgan fingerprint density at radius 2 is 2.10 bits per heavy atom. The van der Waals surface area contributed by atoms with Gasteiger partial charge < -0.3 is 12.0 Å². The van der Waals surface area contributed by atoms with E-state index in [0.29, 0.717) is 5.92 Å². The van der Waals surface area contributed by atoms with Gasteiger partial charge in [-0.25, -0.2) is 0 Å². The molecule has 0 aromatic carbocycles. The van der Waals surface area contributed by atoms with Gasteiger partial charge in [-0.3, -0.25) is 0 Å². The first-order valence-corrected chi connectivity index (χ1v) is 3.70. The molecule has 2 atom stereocenters. The van der Waals surface area contributed by atoms with Crippen LogP contribution in [-0.2, 0) is 0 Å². The molecule has 0 aromatic rings. The van der Waals surface area contributed by atoms with E-state index in [9.17, 15) is 5.11 Å². The van der Waals surface area contributed by atoms with Gasteiger partial charge in [-0.05, 0) is 5.92 Å². The Bertz CT molecular complexity index is 101. The Labute approximate surface area is 57.1 Å². The third-order valence-electron chi connectivity index (χ3n) is 2.41. The number of hydrogen-bond acceptors (Lipinski definition) is 1. The number of rotatable bonds is 0. The molecule has 0 aromatic heterocycles. The first-order valence-electron chi connectivity index (χ1n) is 3.70. The minimum Gasteiger partial charge on any atom is -0.422 e. The monoisotopic (exact) mass is 379 g/mol. The third-order valence-corrected chi connectivity index (χ3v) is 2.41. The Morgan fingerprint density at radius 3 is 2.40 bits per heavy atom. The third kappa shape index (κ3) is 1.47. The fourth-order valence-corrected chi connectivity index (χ4v) is 1.40. The summed E-state index contributed by atoms with van der Waals surface area (Å²) < 4.78 is 0. The topological polar surface area (TPSA) is 20.2 Å². The van der Waals surface area contributed by atoms with Crippen LogP contribution in [0, 0.1) is 12.8 Å². The summed E-state index contributed by atoms with van der Waals surface area (Å²) >= 11 is 0. The van der Waals surface area contributed by atoms with E-state index in [1.54, 1.807) is 0 Å². The molecule has 0 heterocycles. The van der Waals surface area contributed by atoms with Crippen molar-refractivity contribution in [2.24, 2.45) is 5.92 Å². The molecule has 1 N–H and O–H groups in total. The van der Waals surface area contributed by atoms with E-state index >= 15 is 0 Å². The van der Waals surface area contributed by atoms with Crippen molar-refractivity contribution in [3.05, 3.63) is 6.92 Å². The normalized spacial score (nSPS) is 40.5. The van der Waals surface area contributed by atoms with Crippen LogP contribution in [0.3, 0.4) is 0 Å². The SMILES string of the molecule is [CH2-]C1(O)CCCCC1C.[Es]. The van der Waals surface area contributed by atoms with Crippen LogP contribution in [-0.4, -0.2) is 10.7 Å². The molecule has 1 aliphatic carbocycles. The van der Waals surface area contributed by atoms with Crippen LogP contribution in [0.15, 0.2) is 0 Å². The Morgan fingerprint density at radius 1 is 1.50 bits per heavy atom. The van der Waals surface area contributed by atoms with Crippen molar-refractivity contribution in [1.82, 2.24) is 0 Å². The summed E-state index contributed by atoms with van der Waals surface area (Å²) in [6.07, 6.45) is 4.43. The van der Waals surface area contributed by atoms with Crippen LogP contribution in [0.1, 0.15) is 32.6 Å². The maximum Gasteiger partial charge on any atom is 0 e. The maximum atomic E-state index is 9.53. The molecule has 65 valence electrons. The van der Waals surface area contributed by atoms with Crippen molar-refractivity contribution in [3.63, 3.8) is 0 Å². The van der Waals surface area contributed by atoms with Gasteiger partial charge in [0.25, 0.3) is 0 Å². The minimum absolute atomic E-state index is 0. The molecule has 1 fully saturated rings. The fraction of sp³-hybridized carbons (Fsp3) is 0.875. The van der Waals surface area contributed by atoms with Crippen LogP contribution in [0.5, 0.6) is 0 Å². The van der Waals surface area contributed by atoms with Gasteiger partial charge in [0.1, 0.15) is 0 Å². The van der Waals surface area contributed by atoms with Crippen LogP contribution in [0.2, 0.25) is 0 Å². The summed E-state index contributed by atoms with van der Waals surface area (Å²) in [6.45, 7) is 5.84. The molecule has 1 rings (SSSR count). The average Bonchev–Trinajstić information content (AvgIpc) is 1.77. The van der Waals surface area contributed by atoms with Crippen molar-refractivity contribution in [3.8, 4) is 0 Å². The second-order valence-electron chi connectivity index (χ2n) is 3.25. The van der Waals surface area contributed by atoms with Crippen LogP contribution < -0.4 is 0 Å². The van der Waals surface area contributed by atoms with E-state index in [2.05, 4.69) is 13.8 Å². The van der Waals surface area contributed by atoms with Crippen molar-refractivity contribution in [2.45, 2.75) is 38.2 Å². The van der Waals surface area contributed by atoms with E-state index in [-0.39, 0.29) is 0 Å². The van der Waals surface area contributed by atoms with Crippen molar-refractivity contribution < 1.29 is 5.11 Å². The molecule has 1 aliphatic rings. The van der Waals surface area contributed by atoms with E-state index < -0.39 is 5.60 Å². The Hall–Kier alpha value is -1.04. The first kappa shape index (κ1) is 8.96. The second-order valence-corrected chi connectivity index (χ2v) is 3.25. The van der Waals surface area contributed by atoms with Gasteiger partial charge in [0.2, 0.25) is 0 Å². The first-order chi connectivity index (χ1) is 4.13. The van der Waals surface area contributed by atoms with Gasteiger partial charge in [0, 0.05) is 0 Å². The molecule has 0 spiro atoms. The smallest absolute Gasteiger partial charge is 0 e. The van der Waals surface area contributed by atoms with Crippen molar-refractivity contribution >= 4 is 0 Å². The van der Waals surface area contributed by atoms with Gasteiger partial charge >= 0.3 is 0 Å². The molecule has 2 heteroatoms. The van der Waals surface area contributed by atoms with Crippen LogP contribution in [0.4, 0.5) is 0 Å². The van der Waals surface area contributed by atoms with E-state index in [0.717, 1.165) is 19.3 Å².